The van der Waals surface area contributed by atoms with Crippen LogP contribution in [-0.2, 0) is 11.2 Å². The summed E-state index contributed by atoms with van der Waals surface area (Å²) >= 11 is 6.09. The Bertz CT molecular complexity index is 727. The van der Waals surface area contributed by atoms with Crippen LogP contribution in [0.1, 0.15) is 37.7 Å². The van der Waals surface area contributed by atoms with Crippen LogP contribution in [0.3, 0.4) is 0 Å². The first kappa shape index (κ1) is 16.0. The molecule has 3 N–H and O–H groups in total. The second-order valence-electron chi connectivity index (χ2n) is 7.15. The van der Waals surface area contributed by atoms with E-state index in [1.165, 1.54) is 31.2 Å². The van der Waals surface area contributed by atoms with Crippen molar-refractivity contribution in [1.29, 1.82) is 0 Å². The largest absolute Gasteiger partial charge is 0.361 e. The van der Waals surface area contributed by atoms with E-state index in [1.807, 2.05) is 24.4 Å². The molecular formula is C19H24ClN3O. The van der Waals surface area contributed by atoms with E-state index in [0.29, 0.717) is 18.5 Å². The molecule has 1 aromatic carbocycles. The highest BCUT2D eigenvalue weighted by Crippen LogP contribution is 2.33. The van der Waals surface area contributed by atoms with Gasteiger partial charge in [0.1, 0.15) is 0 Å². The molecule has 2 fully saturated rings. The monoisotopic (exact) mass is 345 g/mol. The van der Waals surface area contributed by atoms with E-state index in [0.717, 1.165) is 28.8 Å². The average Bonchev–Trinajstić information content (AvgIpc) is 3.18. The number of carbonyl (C=O) groups excluding carboxylic acids is 1. The van der Waals surface area contributed by atoms with Gasteiger partial charge in [0.25, 0.3) is 0 Å². The molecule has 4 nitrogen and oxygen atoms in total. The summed E-state index contributed by atoms with van der Waals surface area (Å²) in [5.41, 5.74) is 2.28. The Morgan fingerprint density at radius 2 is 2.17 bits per heavy atom. The third-order valence-electron chi connectivity index (χ3n) is 5.60. The maximum Gasteiger partial charge on any atom is 0.237 e. The zero-order chi connectivity index (χ0) is 16.5. The second kappa shape index (κ2) is 6.77. The highest BCUT2D eigenvalue weighted by atomic mass is 35.5. The summed E-state index contributed by atoms with van der Waals surface area (Å²) in [5, 5.41) is 8.52. The number of fused-ring (bicyclic) bond motifs is 2. The molecule has 5 heteroatoms. The second-order valence-corrected chi connectivity index (χ2v) is 7.59. The quantitative estimate of drug-likeness (QED) is 0.795. The van der Waals surface area contributed by atoms with Crippen molar-refractivity contribution in [2.45, 2.75) is 50.6 Å². The first-order valence-corrected chi connectivity index (χ1v) is 9.38. The van der Waals surface area contributed by atoms with E-state index in [2.05, 4.69) is 15.6 Å². The number of hydrogen-bond donors (Lipinski definition) is 3. The molecule has 1 saturated carbocycles. The number of carbonyl (C=O) groups is 1. The van der Waals surface area contributed by atoms with E-state index < -0.39 is 0 Å². The molecule has 0 spiro atoms. The fourth-order valence-electron chi connectivity index (χ4n) is 4.32. The Balaban J connectivity index is 1.32. The molecule has 1 aromatic heterocycles. The highest BCUT2D eigenvalue weighted by Gasteiger charge is 2.37. The smallest absolute Gasteiger partial charge is 0.237 e. The molecule has 2 heterocycles. The molecule has 1 saturated heterocycles. The molecule has 0 radical (unpaired) electrons. The van der Waals surface area contributed by atoms with Crippen molar-refractivity contribution in [3.63, 3.8) is 0 Å². The molecule has 3 unspecified atom stereocenters. The normalized spacial score (nSPS) is 26.5. The van der Waals surface area contributed by atoms with Gasteiger partial charge in [0, 0.05) is 34.7 Å². The number of aromatic nitrogens is 1. The standard InChI is InChI=1S/C19H24ClN3O/c20-14-5-6-17-15(10-14)13(11-22-17)7-8-21-19(24)18-9-12-3-1-2-4-16(12)23-18/h5-6,10-12,16,18,22-23H,1-4,7-9H2,(H,21,24). The third-order valence-corrected chi connectivity index (χ3v) is 5.84. The molecule has 4 rings (SSSR count). The molecule has 24 heavy (non-hydrogen) atoms. The lowest BCUT2D eigenvalue weighted by atomic mass is 9.85. The van der Waals surface area contributed by atoms with Crippen LogP contribution in [0.5, 0.6) is 0 Å². The number of H-pyrrole nitrogens is 1. The lowest BCUT2D eigenvalue weighted by molar-refractivity contribution is -0.122. The summed E-state index contributed by atoms with van der Waals surface area (Å²) < 4.78 is 0. The Hall–Kier alpha value is -1.52. The zero-order valence-corrected chi connectivity index (χ0v) is 14.5. The Morgan fingerprint density at radius 1 is 1.29 bits per heavy atom. The number of rotatable bonds is 4. The molecular weight excluding hydrogens is 322 g/mol. The maximum absolute atomic E-state index is 12.4. The maximum atomic E-state index is 12.4. The predicted octanol–water partition coefficient (Wildman–Crippen LogP) is 3.40. The topological polar surface area (TPSA) is 56.9 Å². The van der Waals surface area contributed by atoms with Gasteiger partial charge in [-0.25, -0.2) is 0 Å². The fourth-order valence-corrected chi connectivity index (χ4v) is 4.49. The number of nitrogens with one attached hydrogen (secondary N) is 3. The van der Waals surface area contributed by atoms with Crippen LogP contribution < -0.4 is 10.6 Å². The summed E-state index contributed by atoms with van der Waals surface area (Å²) in [6.07, 6.45) is 8.94. The number of amides is 1. The Kier molecular flexibility index (Phi) is 4.51. The van der Waals surface area contributed by atoms with E-state index >= 15 is 0 Å². The van der Waals surface area contributed by atoms with Crippen molar-refractivity contribution in [1.82, 2.24) is 15.6 Å². The molecule has 2 aromatic rings. The van der Waals surface area contributed by atoms with Crippen LogP contribution in [0.2, 0.25) is 5.02 Å². The SMILES string of the molecule is O=C(NCCc1c[nH]c2ccc(Cl)cc12)C1CC2CCCCC2N1. The average molecular weight is 346 g/mol. The van der Waals surface area contributed by atoms with E-state index in [-0.39, 0.29) is 11.9 Å². The van der Waals surface area contributed by atoms with Gasteiger partial charge in [0.15, 0.2) is 0 Å². The van der Waals surface area contributed by atoms with Gasteiger partial charge in [-0.3, -0.25) is 4.79 Å². The van der Waals surface area contributed by atoms with Crippen LogP contribution in [0, 0.1) is 5.92 Å². The van der Waals surface area contributed by atoms with Gasteiger partial charge < -0.3 is 15.6 Å². The Labute approximate surface area is 147 Å². The third kappa shape index (κ3) is 3.17. The van der Waals surface area contributed by atoms with Crippen LogP contribution >= 0.6 is 11.6 Å². The number of benzene rings is 1. The summed E-state index contributed by atoms with van der Waals surface area (Å²) in [4.78, 5) is 15.7. The van der Waals surface area contributed by atoms with E-state index in [9.17, 15) is 4.79 Å². The first-order valence-electron chi connectivity index (χ1n) is 9.00. The highest BCUT2D eigenvalue weighted by molar-refractivity contribution is 6.31. The van der Waals surface area contributed by atoms with Gasteiger partial charge in [-0.1, -0.05) is 24.4 Å². The predicted molar refractivity (Wildman–Crippen MR) is 97.3 cm³/mol. The molecule has 3 atom stereocenters. The van der Waals surface area contributed by atoms with Crippen LogP contribution in [-0.4, -0.2) is 29.5 Å². The van der Waals surface area contributed by atoms with Crippen molar-refractivity contribution >= 4 is 28.4 Å². The van der Waals surface area contributed by atoms with Crippen molar-refractivity contribution in [3.05, 3.63) is 35.0 Å². The number of halogens is 1. The summed E-state index contributed by atoms with van der Waals surface area (Å²) in [7, 11) is 0. The molecule has 128 valence electrons. The molecule has 0 bridgehead atoms. The minimum absolute atomic E-state index is 0.00415. The van der Waals surface area contributed by atoms with Gasteiger partial charge >= 0.3 is 0 Å². The van der Waals surface area contributed by atoms with Crippen molar-refractivity contribution in [3.8, 4) is 0 Å². The zero-order valence-electron chi connectivity index (χ0n) is 13.8. The van der Waals surface area contributed by atoms with Gasteiger partial charge in [0.2, 0.25) is 5.91 Å². The molecule has 1 aliphatic carbocycles. The lowest BCUT2D eigenvalue weighted by Crippen LogP contribution is -2.43. The van der Waals surface area contributed by atoms with Crippen molar-refractivity contribution < 1.29 is 4.79 Å². The summed E-state index contributed by atoms with van der Waals surface area (Å²) in [5.74, 6) is 0.854. The van der Waals surface area contributed by atoms with Crippen molar-refractivity contribution in [2.75, 3.05) is 6.54 Å². The van der Waals surface area contributed by atoms with Crippen molar-refractivity contribution in [2.24, 2.45) is 5.92 Å². The lowest BCUT2D eigenvalue weighted by Gasteiger charge is -2.24. The molecule has 2 aliphatic rings. The number of aromatic amines is 1. The summed E-state index contributed by atoms with van der Waals surface area (Å²) in [6, 6.07) is 6.41. The minimum Gasteiger partial charge on any atom is -0.361 e. The van der Waals surface area contributed by atoms with Crippen LogP contribution in [0.4, 0.5) is 0 Å². The molecule has 1 amide bonds. The van der Waals surface area contributed by atoms with Gasteiger partial charge in [0.05, 0.1) is 6.04 Å². The van der Waals surface area contributed by atoms with E-state index in [1.54, 1.807) is 0 Å². The van der Waals surface area contributed by atoms with Crippen LogP contribution in [0.15, 0.2) is 24.4 Å². The Morgan fingerprint density at radius 3 is 3.04 bits per heavy atom. The number of hydrogen-bond acceptors (Lipinski definition) is 2. The fraction of sp³-hybridized carbons (Fsp3) is 0.526. The van der Waals surface area contributed by atoms with Gasteiger partial charge in [-0.15, -0.1) is 0 Å². The molecule has 1 aliphatic heterocycles. The first-order chi connectivity index (χ1) is 11.7. The minimum atomic E-state index is -0.00415. The van der Waals surface area contributed by atoms with E-state index in [4.69, 9.17) is 11.6 Å². The summed E-state index contributed by atoms with van der Waals surface area (Å²) in [6.45, 7) is 0.659. The van der Waals surface area contributed by atoms with Crippen LogP contribution in [0.25, 0.3) is 10.9 Å². The van der Waals surface area contributed by atoms with Gasteiger partial charge in [-0.2, -0.15) is 0 Å². The van der Waals surface area contributed by atoms with Gasteiger partial charge in [-0.05, 0) is 55.4 Å².